The molecule has 5 nitrogen and oxygen atoms in total. The third-order valence-electron chi connectivity index (χ3n) is 2.96. The van der Waals surface area contributed by atoms with Gasteiger partial charge in [-0.3, -0.25) is 0 Å². The Morgan fingerprint density at radius 1 is 1.30 bits per heavy atom. The molecule has 0 saturated heterocycles. The van der Waals surface area contributed by atoms with Gasteiger partial charge in [-0.15, -0.1) is 0 Å². The van der Waals surface area contributed by atoms with Crippen molar-refractivity contribution in [1.82, 2.24) is 15.0 Å². The topological polar surface area (TPSA) is 79.6 Å². The molecule has 3 rings (SSSR count). The first-order valence-electron chi connectivity index (χ1n) is 6.25. The van der Waals surface area contributed by atoms with Gasteiger partial charge in [0, 0.05) is 11.9 Å². The fraction of sp³-hybridized carbons (Fsp3) is 0.143. The van der Waals surface area contributed by atoms with Gasteiger partial charge in [-0.1, -0.05) is 17.8 Å². The van der Waals surface area contributed by atoms with Crippen molar-refractivity contribution in [3.63, 3.8) is 0 Å². The fourth-order valence-corrected chi connectivity index (χ4v) is 2.79. The van der Waals surface area contributed by atoms with Crippen LogP contribution < -0.4 is 11.3 Å². The molecule has 0 spiro atoms. The van der Waals surface area contributed by atoms with Gasteiger partial charge >= 0.3 is 0 Å². The van der Waals surface area contributed by atoms with E-state index in [0.717, 1.165) is 27.5 Å². The zero-order valence-corrected chi connectivity index (χ0v) is 11.9. The van der Waals surface area contributed by atoms with E-state index in [1.807, 2.05) is 18.2 Å². The normalized spacial score (nSPS) is 10.9. The number of anilines is 1. The summed E-state index contributed by atoms with van der Waals surface area (Å²) in [5.74, 6) is 6.84. The molecular weight excluding hydrogens is 270 g/mol. The number of benzene rings is 1. The minimum absolute atomic E-state index is 0.670. The van der Waals surface area contributed by atoms with E-state index >= 15 is 0 Å². The van der Waals surface area contributed by atoms with Gasteiger partial charge in [-0.05, 0) is 42.3 Å². The number of nitrogens with zero attached hydrogens (tertiary/aromatic N) is 2. The Balaban J connectivity index is 1.76. The zero-order valence-electron chi connectivity index (χ0n) is 11.1. The first-order chi connectivity index (χ1) is 9.74. The zero-order chi connectivity index (χ0) is 13.9. The summed E-state index contributed by atoms with van der Waals surface area (Å²) in [6.07, 6.45) is 1.74. The van der Waals surface area contributed by atoms with Crippen molar-refractivity contribution < 1.29 is 0 Å². The Labute approximate surface area is 121 Å². The van der Waals surface area contributed by atoms with E-state index in [-0.39, 0.29) is 0 Å². The maximum absolute atomic E-state index is 5.35. The molecule has 0 amide bonds. The number of aromatic amines is 1. The van der Waals surface area contributed by atoms with Gasteiger partial charge in [0.25, 0.3) is 0 Å². The van der Waals surface area contributed by atoms with Crippen LogP contribution in [0.2, 0.25) is 0 Å². The molecule has 3 aromatic rings. The van der Waals surface area contributed by atoms with Crippen LogP contribution in [0.5, 0.6) is 0 Å². The number of nitrogen functional groups attached to an aromatic ring is 1. The lowest BCUT2D eigenvalue weighted by Gasteiger charge is -2.02. The number of imidazole rings is 1. The summed E-state index contributed by atoms with van der Waals surface area (Å²) in [4.78, 5) is 12.0. The van der Waals surface area contributed by atoms with E-state index in [1.54, 1.807) is 18.0 Å². The smallest absolute Gasteiger partial charge is 0.166 e. The van der Waals surface area contributed by atoms with Gasteiger partial charge in [0.2, 0.25) is 0 Å². The number of nitrogens with one attached hydrogen (secondary N) is 2. The lowest BCUT2D eigenvalue weighted by atomic mass is 10.2. The third kappa shape index (κ3) is 2.76. The maximum Gasteiger partial charge on any atom is 0.166 e. The minimum Gasteiger partial charge on any atom is -0.333 e. The number of aryl methyl sites for hydroxylation is 1. The number of aromatic nitrogens is 3. The molecule has 2 aromatic heterocycles. The second-order valence-corrected chi connectivity index (χ2v) is 5.51. The quantitative estimate of drug-likeness (QED) is 0.390. The van der Waals surface area contributed by atoms with Crippen molar-refractivity contribution in [2.45, 2.75) is 17.8 Å². The predicted octanol–water partition coefficient (Wildman–Crippen LogP) is 2.84. The van der Waals surface area contributed by atoms with Gasteiger partial charge in [0.05, 0.1) is 11.0 Å². The van der Waals surface area contributed by atoms with E-state index in [1.165, 1.54) is 5.56 Å². The number of H-pyrrole nitrogens is 1. The molecule has 0 saturated carbocycles. The summed E-state index contributed by atoms with van der Waals surface area (Å²) in [5, 5.41) is 0.921. The first kappa shape index (κ1) is 13.0. The van der Waals surface area contributed by atoms with Crippen LogP contribution in [0, 0.1) is 6.92 Å². The average molecular weight is 285 g/mol. The molecule has 20 heavy (non-hydrogen) atoms. The Hall–Kier alpha value is -2.05. The maximum atomic E-state index is 5.35. The molecule has 4 N–H and O–H groups in total. The summed E-state index contributed by atoms with van der Waals surface area (Å²) in [6, 6.07) is 10.1. The van der Waals surface area contributed by atoms with Crippen LogP contribution >= 0.6 is 11.8 Å². The Kier molecular flexibility index (Phi) is 3.58. The lowest BCUT2D eigenvalue weighted by molar-refractivity contribution is 1.08. The van der Waals surface area contributed by atoms with Crippen LogP contribution in [0.3, 0.4) is 0 Å². The second kappa shape index (κ2) is 5.52. The van der Waals surface area contributed by atoms with Crippen molar-refractivity contribution in [2.75, 3.05) is 5.43 Å². The molecule has 2 heterocycles. The Morgan fingerprint density at radius 3 is 3.05 bits per heavy atom. The van der Waals surface area contributed by atoms with E-state index < -0.39 is 0 Å². The minimum atomic E-state index is 0.670. The van der Waals surface area contributed by atoms with Crippen molar-refractivity contribution in [3.8, 4) is 0 Å². The summed E-state index contributed by atoms with van der Waals surface area (Å²) < 4.78 is 0. The molecule has 0 bridgehead atoms. The van der Waals surface area contributed by atoms with Crippen LogP contribution in [0.1, 0.15) is 11.1 Å². The highest BCUT2D eigenvalue weighted by molar-refractivity contribution is 7.98. The van der Waals surface area contributed by atoms with Gasteiger partial charge in [-0.2, -0.15) is 0 Å². The second-order valence-electron chi connectivity index (χ2n) is 4.54. The highest BCUT2D eigenvalue weighted by Gasteiger charge is 2.04. The molecule has 0 fully saturated rings. The summed E-state index contributed by atoms with van der Waals surface area (Å²) in [5.41, 5.74) is 7.00. The van der Waals surface area contributed by atoms with Gasteiger partial charge < -0.3 is 10.4 Å². The molecule has 1 aromatic carbocycles. The number of hydrogen-bond donors (Lipinski definition) is 3. The summed E-state index contributed by atoms with van der Waals surface area (Å²) in [7, 11) is 0. The monoisotopic (exact) mass is 285 g/mol. The average Bonchev–Trinajstić information content (AvgIpc) is 2.87. The van der Waals surface area contributed by atoms with E-state index in [9.17, 15) is 0 Å². The molecular formula is C14H15N5S. The predicted molar refractivity (Wildman–Crippen MR) is 82.4 cm³/mol. The third-order valence-corrected chi connectivity index (χ3v) is 3.91. The number of nitrogens with two attached hydrogens (primary N) is 1. The standard InChI is InChI=1S/C14H15N5S/c1-9-2-3-11-12(6-9)18-14(17-11)20-8-10-4-5-16-13(7-10)19-15/h2-7H,8,15H2,1H3,(H,16,19)(H,17,18). The summed E-state index contributed by atoms with van der Waals surface area (Å²) >= 11 is 1.66. The molecule has 0 unspecified atom stereocenters. The molecule has 6 heteroatoms. The molecule has 0 aliphatic carbocycles. The van der Waals surface area contributed by atoms with Crippen molar-refractivity contribution in [3.05, 3.63) is 47.7 Å². The molecule has 0 radical (unpaired) electrons. The van der Waals surface area contributed by atoms with Crippen LogP contribution in [-0.4, -0.2) is 15.0 Å². The largest absolute Gasteiger partial charge is 0.333 e. The lowest BCUT2D eigenvalue weighted by Crippen LogP contribution is -2.08. The van der Waals surface area contributed by atoms with Crippen molar-refractivity contribution >= 4 is 28.6 Å². The summed E-state index contributed by atoms with van der Waals surface area (Å²) in [6.45, 7) is 2.07. The van der Waals surface area contributed by atoms with Gasteiger partial charge in [-0.25, -0.2) is 15.8 Å². The van der Waals surface area contributed by atoms with E-state index in [0.29, 0.717) is 5.82 Å². The molecule has 0 aliphatic heterocycles. The highest BCUT2D eigenvalue weighted by atomic mass is 32.2. The molecule has 0 atom stereocenters. The van der Waals surface area contributed by atoms with Crippen molar-refractivity contribution in [1.29, 1.82) is 0 Å². The number of rotatable bonds is 4. The highest BCUT2D eigenvalue weighted by Crippen LogP contribution is 2.24. The van der Waals surface area contributed by atoms with Gasteiger partial charge in [0.1, 0.15) is 5.82 Å². The molecule has 0 aliphatic rings. The van der Waals surface area contributed by atoms with Crippen LogP contribution in [0.15, 0.2) is 41.7 Å². The Morgan fingerprint density at radius 2 is 2.20 bits per heavy atom. The van der Waals surface area contributed by atoms with Crippen LogP contribution in [0.4, 0.5) is 5.82 Å². The number of pyridine rings is 1. The van der Waals surface area contributed by atoms with Crippen LogP contribution in [0.25, 0.3) is 11.0 Å². The van der Waals surface area contributed by atoms with Crippen LogP contribution in [-0.2, 0) is 5.75 Å². The fourth-order valence-electron chi connectivity index (χ4n) is 1.96. The SMILES string of the molecule is Cc1ccc2nc(SCc3ccnc(NN)c3)[nH]c2c1. The Bertz CT molecular complexity index is 737. The van der Waals surface area contributed by atoms with E-state index in [2.05, 4.69) is 39.4 Å². The van der Waals surface area contributed by atoms with Crippen molar-refractivity contribution in [2.24, 2.45) is 5.84 Å². The number of fused-ring (bicyclic) bond motifs is 1. The number of hydrazine groups is 1. The first-order valence-corrected chi connectivity index (χ1v) is 7.24. The number of hydrogen-bond acceptors (Lipinski definition) is 5. The molecule has 102 valence electrons. The van der Waals surface area contributed by atoms with E-state index in [4.69, 9.17) is 5.84 Å². The van der Waals surface area contributed by atoms with Gasteiger partial charge in [0.15, 0.2) is 5.16 Å². The number of thioether (sulfide) groups is 1.